The van der Waals surface area contributed by atoms with E-state index in [-0.39, 0.29) is 28.9 Å². The normalized spacial score (nSPS) is 37.5. The van der Waals surface area contributed by atoms with Gasteiger partial charge < -0.3 is 18.9 Å². The molecule has 2 aliphatic carbocycles. The summed E-state index contributed by atoms with van der Waals surface area (Å²) in [5.74, 6) is 1.17. The summed E-state index contributed by atoms with van der Waals surface area (Å²) in [6, 6.07) is 3.40. The lowest BCUT2D eigenvalue weighted by molar-refractivity contribution is -0.297. The first-order valence-corrected chi connectivity index (χ1v) is 11.4. The molecule has 0 amide bonds. The van der Waals surface area contributed by atoms with Gasteiger partial charge in [-0.1, -0.05) is 26.0 Å². The number of fused-ring (bicyclic) bond motifs is 3. The second kappa shape index (κ2) is 8.55. The van der Waals surface area contributed by atoms with Crippen molar-refractivity contribution in [1.29, 1.82) is 0 Å². The predicted molar refractivity (Wildman–Crippen MR) is 117 cm³/mol. The molecule has 31 heavy (non-hydrogen) atoms. The number of hydrogen-bond acceptors (Lipinski definition) is 6. The van der Waals surface area contributed by atoms with E-state index in [1.165, 1.54) is 12.7 Å². The van der Waals surface area contributed by atoms with Gasteiger partial charge in [0, 0.05) is 5.41 Å². The number of esters is 1. The Kier molecular flexibility index (Phi) is 6.14. The zero-order valence-electron chi connectivity index (χ0n) is 19.2. The third kappa shape index (κ3) is 4.00. The molecule has 6 nitrogen and oxygen atoms in total. The Hall–Kier alpha value is -1.92. The van der Waals surface area contributed by atoms with Crippen molar-refractivity contribution in [1.82, 2.24) is 4.98 Å². The van der Waals surface area contributed by atoms with Gasteiger partial charge in [-0.15, -0.1) is 0 Å². The summed E-state index contributed by atoms with van der Waals surface area (Å²) in [6.45, 7) is 12.6. The first-order chi connectivity index (χ1) is 14.8. The van der Waals surface area contributed by atoms with Crippen LogP contribution in [0.5, 0.6) is 5.75 Å². The van der Waals surface area contributed by atoms with Gasteiger partial charge in [-0.3, -0.25) is 0 Å². The van der Waals surface area contributed by atoms with Crippen molar-refractivity contribution in [2.24, 2.45) is 22.7 Å². The number of ether oxygens (including phenoxy) is 4. The molecule has 1 unspecified atom stereocenters. The highest BCUT2D eigenvalue weighted by atomic mass is 16.7. The SMILES string of the molecule is C=C1CCC2[C@]3(C)CO[C@@H](C)O[C@@H]3CC[C@@]2(C)[C@@H]1CCOc1ccc(C(=O)OC)nc1. The first-order valence-electron chi connectivity index (χ1n) is 11.4. The van der Waals surface area contributed by atoms with Crippen molar-refractivity contribution in [3.63, 3.8) is 0 Å². The van der Waals surface area contributed by atoms with E-state index >= 15 is 0 Å². The molecule has 0 radical (unpaired) electrons. The fraction of sp³-hybridized carbons (Fsp3) is 0.680. The molecule has 4 rings (SSSR count). The smallest absolute Gasteiger partial charge is 0.356 e. The van der Waals surface area contributed by atoms with Crippen LogP contribution in [-0.2, 0) is 14.2 Å². The van der Waals surface area contributed by atoms with E-state index in [9.17, 15) is 4.79 Å². The maximum atomic E-state index is 11.5. The summed E-state index contributed by atoms with van der Waals surface area (Å²) in [5, 5.41) is 0. The van der Waals surface area contributed by atoms with Crippen LogP contribution in [0.1, 0.15) is 63.4 Å². The van der Waals surface area contributed by atoms with E-state index in [0.29, 0.717) is 24.2 Å². The Morgan fingerprint density at radius 2 is 2.10 bits per heavy atom. The molecule has 1 aliphatic heterocycles. The van der Waals surface area contributed by atoms with Crippen molar-refractivity contribution >= 4 is 5.97 Å². The number of rotatable bonds is 5. The highest BCUT2D eigenvalue weighted by Crippen LogP contribution is 2.63. The third-order valence-electron chi connectivity index (χ3n) is 8.11. The molecule has 6 atom stereocenters. The standard InChI is InChI=1S/C25H35NO5/c1-16-6-9-21-24(3,12-10-22-25(21,4)15-30-17(2)31-22)19(16)11-13-29-18-7-8-20(26-14-18)23(27)28-5/h7-8,14,17,19,21-22H,1,6,9-13,15H2,2-5H3/t17-,19-,21?,22-,24+,25+/m1/s1. The molecule has 6 heteroatoms. The maximum absolute atomic E-state index is 11.5. The van der Waals surface area contributed by atoms with E-state index in [0.717, 1.165) is 38.7 Å². The van der Waals surface area contributed by atoms with Gasteiger partial charge in [-0.25, -0.2) is 9.78 Å². The van der Waals surface area contributed by atoms with E-state index in [1.807, 2.05) is 6.92 Å². The zero-order valence-corrected chi connectivity index (χ0v) is 19.2. The van der Waals surface area contributed by atoms with E-state index in [1.54, 1.807) is 18.3 Å². The van der Waals surface area contributed by atoms with Crippen LogP contribution >= 0.6 is 0 Å². The largest absolute Gasteiger partial charge is 0.492 e. The molecule has 2 heterocycles. The number of pyridine rings is 1. The maximum Gasteiger partial charge on any atom is 0.356 e. The number of methoxy groups -OCH3 is 1. The number of allylic oxidation sites excluding steroid dienone is 1. The van der Waals surface area contributed by atoms with Crippen LogP contribution in [0.25, 0.3) is 0 Å². The lowest BCUT2D eigenvalue weighted by atomic mass is 9.46. The number of aromatic nitrogens is 1. The Labute approximate surface area is 185 Å². The fourth-order valence-corrected chi connectivity index (χ4v) is 6.47. The van der Waals surface area contributed by atoms with Crippen molar-refractivity contribution < 1.29 is 23.7 Å². The minimum atomic E-state index is -0.446. The molecule has 3 fully saturated rings. The third-order valence-corrected chi connectivity index (χ3v) is 8.11. The summed E-state index contributed by atoms with van der Waals surface area (Å²) in [7, 11) is 1.35. The van der Waals surface area contributed by atoms with Gasteiger partial charge in [-0.05, 0) is 68.4 Å². The highest BCUT2D eigenvalue weighted by molar-refractivity contribution is 5.87. The van der Waals surface area contributed by atoms with Gasteiger partial charge in [0.25, 0.3) is 0 Å². The van der Waals surface area contributed by atoms with Crippen LogP contribution in [0.2, 0.25) is 0 Å². The molecule has 3 aliphatic rings. The molecule has 2 saturated carbocycles. The zero-order chi connectivity index (χ0) is 22.2. The van der Waals surface area contributed by atoms with Crippen molar-refractivity contribution in [2.75, 3.05) is 20.3 Å². The van der Waals surface area contributed by atoms with E-state index < -0.39 is 5.97 Å². The summed E-state index contributed by atoms with van der Waals surface area (Å²) >= 11 is 0. The number of nitrogens with zero attached hydrogens (tertiary/aromatic N) is 1. The molecule has 0 spiro atoms. The van der Waals surface area contributed by atoms with Gasteiger partial charge in [0.1, 0.15) is 11.4 Å². The van der Waals surface area contributed by atoms with Crippen LogP contribution in [-0.4, -0.2) is 43.7 Å². The number of hydrogen-bond donors (Lipinski definition) is 0. The Morgan fingerprint density at radius 1 is 1.29 bits per heavy atom. The predicted octanol–water partition coefficient (Wildman–Crippen LogP) is 4.79. The quantitative estimate of drug-likeness (QED) is 0.495. The second-order valence-corrected chi connectivity index (χ2v) is 9.86. The molecule has 0 bridgehead atoms. The van der Waals surface area contributed by atoms with Crippen LogP contribution in [0.15, 0.2) is 30.5 Å². The summed E-state index contributed by atoms with van der Waals surface area (Å²) in [5.41, 5.74) is 1.84. The van der Waals surface area contributed by atoms with Gasteiger partial charge >= 0.3 is 5.97 Å². The van der Waals surface area contributed by atoms with Crippen molar-refractivity contribution in [3.8, 4) is 5.75 Å². The Morgan fingerprint density at radius 3 is 2.81 bits per heavy atom. The summed E-state index contributed by atoms with van der Waals surface area (Å²) < 4.78 is 22.9. The van der Waals surface area contributed by atoms with Crippen LogP contribution in [0.3, 0.4) is 0 Å². The average Bonchev–Trinajstić information content (AvgIpc) is 2.76. The number of carbonyl (C=O) groups is 1. The molecule has 170 valence electrons. The van der Waals surface area contributed by atoms with Crippen LogP contribution in [0.4, 0.5) is 0 Å². The number of carbonyl (C=O) groups excluding carboxylic acids is 1. The van der Waals surface area contributed by atoms with Gasteiger partial charge in [0.15, 0.2) is 6.29 Å². The van der Waals surface area contributed by atoms with Crippen molar-refractivity contribution in [2.45, 2.75) is 65.3 Å². The Bertz CT molecular complexity index is 824. The van der Waals surface area contributed by atoms with Crippen LogP contribution in [0, 0.1) is 22.7 Å². The minimum Gasteiger partial charge on any atom is -0.492 e. The molecule has 0 N–H and O–H groups in total. The highest BCUT2D eigenvalue weighted by Gasteiger charge is 2.59. The van der Waals surface area contributed by atoms with E-state index in [2.05, 4.69) is 25.4 Å². The fourth-order valence-electron chi connectivity index (χ4n) is 6.47. The molecular formula is C25H35NO5. The minimum absolute atomic E-state index is 0.0486. The Balaban J connectivity index is 1.43. The lowest BCUT2D eigenvalue weighted by Gasteiger charge is -2.62. The topological polar surface area (TPSA) is 66.9 Å². The molecule has 1 aromatic heterocycles. The molecular weight excluding hydrogens is 394 g/mol. The van der Waals surface area contributed by atoms with Crippen LogP contribution < -0.4 is 4.74 Å². The first kappa shape index (κ1) is 22.3. The lowest BCUT2D eigenvalue weighted by Crippen LogP contribution is -2.61. The monoisotopic (exact) mass is 429 g/mol. The summed E-state index contributed by atoms with van der Waals surface area (Å²) in [6.07, 6.45) is 7.09. The summed E-state index contributed by atoms with van der Waals surface area (Å²) in [4.78, 5) is 15.7. The average molecular weight is 430 g/mol. The molecule has 1 saturated heterocycles. The molecule has 0 aromatic carbocycles. The second-order valence-electron chi connectivity index (χ2n) is 9.86. The van der Waals surface area contributed by atoms with Gasteiger partial charge in [0.05, 0.1) is 32.6 Å². The van der Waals surface area contributed by atoms with Gasteiger partial charge in [-0.2, -0.15) is 0 Å². The van der Waals surface area contributed by atoms with Crippen molar-refractivity contribution in [3.05, 3.63) is 36.2 Å². The van der Waals surface area contributed by atoms with E-state index in [4.69, 9.17) is 18.9 Å². The molecule has 1 aromatic rings. The van der Waals surface area contributed by atoms with Gasteiger partial charge in [0.2, 0.25) is 0 Å².